The molecular formula is C22H33N5O4. The molecule has 2 fully saturated rings. The third-order valence-electron chi connectivity index (χ3n) is 5.81. The lowest BCUT2D eigenvalue weighted by Crippen LogP contribution is -2.49. The van der Waals surface area contributed by atoms with Gasteiger partial charge in [-0.2, -0.15) is 0 Å². The lowest BCUT2D eigenvalue weighted by molar-refractivity contribution is -0.126. The third-order valence-corrected chi connectivity index (χ3v) is 5.81. The molecule has 2 aliphatic rings. The van der Waals surface area contributed by atoms with Crippen molar-refractivity contribution in [2.75, 3.05) is 46.9 Å². The van der Waals surface area contributed by atoms with Crippen molar-refractivity contribution in [1.82, 2.24) is 25.3 Å². The molecule has 3 rings (SSSR count). The van der Waals surface area contributed by atoms with Gasteiger partial charge in [-0.25, -0.2) is 9.59 Å². The summed E-state index contributed by atoms with van der Waals surface area (Å²) in [6.45, 7) is 6.47. The Bertz CT molecular complexity index is 813. The zero-order chi connectivity index (χ0) is 22.6. The molecule has 2 N–H and O–H groups in total. The molecule has 2 aliphatic heterocycles. The monoisotopic (exact) mass is 431 g/mol. The van der Waals surface area contributed by atoms with Gasteiger partial charge >= 0.3 is 12.1 Å². The Labute approximate surface area is 183 Å². The van der Waals surface area contributed by atoms with Crippen LogP contribution in [0.1, 0.15) is 25.8 Å². The van der Waals surface area contributed by atoms with Crippen molar-refractivity contribution < 1.29 is 19.1 Å². The summed E-state index contributed by atoms with van der Waals surface area (Å²) in [5.74, 6) is 0.809. The quantitative estimate of drug-likeness (QED) is 0.755. The predicted molar refractivity (Wildman–Crippen MR) is 117 cm³/mol. The maximum Gasteiger partial charge on any atom is 0.317 e. The molecule has 5 amide bonds. The first-order valence-electron chi connectivity index (χ1n) is 10.7. The lowest BCUT2D eigenvalue weighted by atomic mass is 9.86. The van der Waals surface area contributed by atoms with E-state index in [1.54, 1.807) is 28.9 Å². The van der Waals surface area contributed by atoms with Crippen molar-refractivity contribution in [3.8, 4) is 5.75 Å². The largest absolute Gasteiger partial charge is 0.497 e. The van der Waals surface area contributed by atoms with Crippen molar-refractivity contribution >= 4 is 18.0 Å². The number of carbonyl (C=O) groups is 3. The van der Waals surface area contributed by atoms with Gasteiger partial charge in [0.15, 0.2) is 0 Å². The third kappa shape index (κ3) is 5.59. The van der Waals surface area contributed by atoms with E-state index < -0.39 is 5.41 Å². The van der Waals surface area contributed by atoms with Crippen LogP contribution in [-0.2, 0) is 11.3 Å². The Balaban J connectivity index is 1.70. The van der Waals surface area contributed by atoms with E-state index in [0.29, 0.717) is 45.7 Å². The van der Waals surface area contributed by atoms with Crippen molar-refractivity contribution in [3.63, 3.8) is 0 Å². The molecule has 1 atom stereocenters. The molecule has 0 aromatic heterocycles. The second-order valence-electron chi connectivity index (χ2n) is 8.88. The van der Waals surface area contributed by atoms with Gasteiger partial charge in [0.2, 0.25) is 5.91 Å². The number of hydrogen-bond acceptors (Lipinski definition) is 4. The Morgan fingerprint density at radius 1 is 1.06 bits per heavy atom. The fraction of sp³-hybridized carbons (Fsp3) is 0.591. The molecule has 0 aliphatic carbocycles. The van der Waals surface area contributed by atoms with Crippen LogP contribution in [-0.4, -0.2) is 85.6 Å². The highest BCUT2D eigenvalue weighted by molar-refractivity contribution is 5.81. The molecule has 1 aromatic rings. The molecule has 9 nitrogen and oxygen atoms in total. The number of rotatable bonds is 4. The van der Waals surface area contributed by atoms with Crippen molar-refractivity contribution in [3.05, 3.63) is 29.8 Å². The number of hydrogen-bond donors (Lipinski definition) is 2. The molecule has 0 bridgehead atoms. The number of benzene rings is 1. The van der Waals surface area contributed by atoms with Gasteiger partial charge in [-0.1, -0.05) is 12.1 Å². The van der Waals surface area contributed by atoms with Crippen LogP contribution in [0, 0.1) is 5.41 Å². The number of methoxy groups -OCH3 is 1. The molecule has 9 heteroatoms. The molecule has 0 saturated carbocycles. The summed E-state index contributed by atoms with van der Waals surface area (Å²) in [6, 6.07) is 7.20. The predicted octanol–water partition coefficient (Wildman–Crippen LogP) is 1.49. The molecule has 0 radical (unpaired) electrons. The SMILES string of the molecule is COc1ccc(CNC(=O)N2CCN(C(=O)NC(C)C)C[C@]3(CC(=O)N(C)C3)C2)cc1. The summed E-state index contributed by atoms with van der Waals surface area (Å²) < 4.78 is 5.16. The van der Waals surface area contributed by atoms with Crippen LogP contribution < -0.4 is 15.4 Å². The van der Waals surface area contributed by atoms with E-state index in [1.165, 1.54) is 0 Å². The minimum Gasteiger partial charge on any atom is -0.497 e. The van der Waals surface area contributed by atoms with Gasteiger partial charge in [-0.15, -0.1) is 0 Å². The van der Waals surface area contributed by atoms with E-state index in [1.807, 2.05) is 38.1 Å². The number of urea groups is 2. The van der Waals surface area contributed by atoms with Crippen LogP contribution in [0.2, 0.25) is 0 Å². The van der Waals surface area contributed by atoms with Gasteiger partial charge in [0.05, 0.1) is 7.11 Å². The van der Waals surface area contributed by atoms with Gasteiger partial charge in [0.25, 0.3) is 0 Å². The summed E-state index contributed by atoms with van der Waals surface area (Å²) in [4.78, 5) is 43.2. The minimum absolute atomic E-state index is 0.0171. The first-order chi connectivity index (χ1) is 14.7. The van der Waals surface area contributed by atoms with Gasteiger partial charge in [0, 0.05) is 64.2 Å². The van der Waals surface area contributed by atoms with E-state index in [-0.39, 0.29) is 24.0 Å². The van der Waals surface area contributed by atoms with Gasteiger partial charge in [-0.3, -0.25) is 4.79 Å². The number of nitrogens with zero attached hydrogens (tertiary/aromatic N) is 3. The standard InChI is InChI=1S/C22H33N5O4/c1-16(2)24-21(30)27-10-9-26(14-22(15-27)11-19(28)25(3)13-22)20(29)23-12-17-5-7-18(31-4)8-6-17/h5-8,16H,9-15H2,1-4H3,(H,23,29)(H,24,30)/t22-/m0/s1. The average molecular weight is 432 g/mol. The van der Waals surface area contributed by atoms with E-state index in [9.17, 15) is 14.4 Å². The lowest BCUT2D eigenvalue weighted by Gasteiger charge is -2.33. The highest BCUT2D eigenvalue weighted by atomic mass is 16.5. The number of ether oxygens (including phenoxy) is 1. The van der Waals surface area contributed by atoms with Crippen LogP contribution in [0.15, 0.2) is 24.3 Å². The van der Waals surface area contributed by atoms with Crippen LogP contribution in [0.3, 0.4) is 0 Å². The molecular weight excluding hydrogens is 398 g/mol. The van der Waals surface area contributed by atoms with Crippen molar-refractivity contribution in [1.29, 1.82) is 0 Å². The normalized spacial score (nSPS) is 21.5. The molecule has 0 unspecified atom stereocenters. The Hall–Kier alpha value is -2.97. The highest BCUT2D eigenvalue weighted by Crippen LogP contribution is 2.34. The van der Waals surface area contributed by atoms with Crippen molar-refractivity contribution in [2.24, 2.45) is 5.41 Å². The van der Waals surface area contributed by atoms with Gasteiger partial charge in [-0.05, 0) is 31.5 Å². The molecule has 1 spiro atoms. The van der Waals surface area contributed by atoms with Gasteiger partial charge in [0.1, 0.15) is 5.75 Å². The van der Waals surface area contributed by atoms with E-state index in [2.05, 4.69) is 10.6 Å². The summed E-state index contributed by atoms with van der Waals surface area (Å²) in [5.41, 5.74) is 0.501. The highest BCUT2D eigenvalue weighted by Gasteiger charge is 2.47. The Morgan fingerprint density at radius 3 is 2.19 bits per heavy atom. The van der Waals surface area contributed by atoms with Gasteiger partial charge < -0.3 is 30.1 Å². The first kappa shape index (κ1) is 22.7. The number of amides is 5. The second kappa shape index (κ2) is 9.45. The van der Waals surface area contributed by atoms with Crippen LogP contribution in [0.4, 0.5) is 9.59 Å². The second-order valence-corrected chi connectivity index (χ2v) is 8.88. The molecule has 31 heavy (non-hydrogen) atoms. The zero-order valence-electron chi connectivity index (χ0n) is 18.8. The molecule has 2 heterocycles. The van der Waals surface area contributed by atoms with Crippen LogP contribution >= 0.6 is 0 Å². The van der Waals surface area contributed by atoms with Crippen LogP contribution in [0.5, 0.6) is 5.75 Å². The fourth-order valence-electron chi connectivity index (χ4n) is 4.29. The van der Waals surface area contributed by atoms with Crippen LogP contribution in [0.25, 0.3) is 0 Å². The first-order valence-corrected chi connectivity index (χ1v) is 10.7. The topological polar surface area (TPSA) is 94.2 Å². The Kier molecular flexibility index (Phi) is 6.92. The molecule has 1 aromatic carbocycles. The summed E-state index contributed by atoms with van der Waals surface area (Å²) in [5, 5.41) is 5.90. The number of carbonyl (C=O) groups excluding carboxylic acids is 3. The van der Waals surface area contributed by atoms with Crippen molar-refractivity contribution in [2.45, 2.75) is 32.9 Å². The minimum atomic E-state index is -0.464. The summed E-state index contributed by atoms with van der Waals surface area (Å²) in [6.07, 6.45) is 0.331. The average Bonchev–Trinajstić information content (AvgIpc) is 2.88. The van der Waals surface area contributed by atoms with E-state index in [4.69, 9.17) is 4.74 Å². The number of likely N-dealkylation sites (tertiary alicyclic amines) is 1. The maximum atomic E-state index is 13.0. The number of nitrogens with one attached hydrogen (secondary N) is 2. The smallest absolute Gasteiger partial charge is 0.317 e. The molecule has 170 valence electrons. The zero-order valence-corrected chi connectivity index (χ0v) is 18.8. The summed E-state index contributed by atoms with van der Waals surface area (Å²) in [7, 11) is 3.39. The summed E-state index contributed by atoms with van der Waals surface area (Å²) >= 11 is 0. The van der Waals surface area contributed by atoms with E-state index >= 15 is 0 Å². The Morgan fingerprint density at radius 2 is 1.68 bits per heavy atom. The molecule has 2 saturated heterocycles. The van der Waals surface area contributed by atoms with E-state index in [0.717, 1.165) is 11.3 Å². The maximum absolute atomic E-state index is 13.0. The fourth-order valence-corrected chi connectivity index (χ4v) is 4.29.